The van der Waals surface area contributed by atoms with E-state index >= 15 is 0 Å². The first-order chi connectivity index (χ1) is 15.1. The van der Waals surface area contributed by atoms with E-state index in [2.05, 4.69) is 25.3 Å². The van der Waals surface area contributed by atoms with Gasteiger partial charge in [-0.15, -0.1) is 0 Å². The van der Waals surface area contributed by atoms with E-state index in [0.717, 1.165) is 35.6 Å². The summed E-state index contributed by atoms with van der Waals surface area (Å²) in [5.74, 6) is 0.0619. The van der Waals surface area contributed by atoms with Crippen LogP contribution in [0.5, 0.6) is 0 Å². The lowest BCUT2D eigenvalue weighted by atomic mass is 10.1. The molecule has 0 radical (unpaired) electrons. The lowest BCUT2D eigenvalue weighted by Gasteiger charge is -2.14. The van der Waals surface area contributed by atoms with Crippen LogP contribution < -0.4 is 11.1 Å². The highest BCUT2D eigenvalue weighted by Gasteiger charge is 2.22. The Labute approximate surface area is 178 Å². The fourth-order valence-corrected chi connectivity index (χ4v) is 3.79. The van der Waals surface area contributed by atoms with Crippen molar-refractivity contribution in [3.8, 4) is 22.6 Å². The maximum Gasteiger partial charge on any atom is 0.273 e. The monoisotopic (exact) mass is 417 g/mol. The molecule has 9 nitrogen and oxygen atoms in total. The molecule has 0 saturated carbocycles. The zero-order valence-electron chi connectivity index (χ0n) is 17.1. The van der Waals surface area contributed by atoms with E-state index in [1.807, 2.05) is 54.2 Å². The van der Waals surface area contributed by atoms with E-state index in [9.17, 15) is 4.79 Å². The zero-order chi connectivity index (χ0) is 21.4. The molecule has 1 fully saturated rings. The second kappa shape index (κ2) is 7.84. The minimum Gasteiger partial charge on any atom is -0.382 e. The third kappa shape index (κ3) is 3.64. The number of aryl methyl sites for hydroxylation is 1. The Hall–Kier alpha value is -3.72. The molecule has 158 valence electrons. The van der Waals surface area contributed by atoms with Crippen LogP contribution in [0.25, 0.3) is 28.3 Å². The number of imidazole rings is 1. The number of carbonyl (C=O) groups is 1. The molecule has 1 unspecified atom stereocenters. The Balaban J connectivity index is 1.57. The summed E-state index contributed by atoms with van der Waals surface area (Å²) in [6.45, 7) is 3.89. The molecule has 31 heavy (non-hydrogen) atoms. The highest BCUT2D eigenvalue weighted by atomic mass is 16.5. The fourth-order valence-electron chi connectivity index (χ4n) is 3.79. The number of aromatic amines is 1. The van der Waals surface area contributed by atoms with Crippen molar-refractivity contribution in [3.05, 3.63) is 54.2 Å². The first-order valence-corrected chi connectivity index (χ1v) is 10.2. The Morgan fingerprint density at radius 1 is 1.32 bits per heavy atom. The van der Waals surface area contributed by atoms with E-state index in [1.54, 1.807) is 0 Å². The number of aromatic nitrogens is 5. The first-order valence-electron chi connectivity index (χ1n) is 10.2. The molecule has 4 N–H and O–H groups in total. The third-order valence-electron chi connectivity index (χ3n) is 5.53. The number of carbonyl (C=O) groups excluding carboxylic acids is 1. The van der Waals surface area contributed by atoms with E-state index in [1.165, 1.54) is 0 Å². The van der Waals surface area contributed by atoms with Gasteiger partial charge in [0.2, 0.25) is 0 Å². The third-order valence-corrected chi connectivity index (χ3v) is 5.53. The van der Waals surface area contributed by atoms with Crippen molar-refractivity contribution in [2.24, 2.45) is 5.92 Å². The number of hydrogen-bond donors (Lipinski definition) is 3. The largest absolute Gasteiger partial charge is 0.382 e. The van der Waals surface area contributed by atoms with Gasteiger partial charge in [0.1, 0.15) is 17.0 Å². The number of pyridine rings is 1. The van der Waals surface area contributed by atoms with Crippen LogP contribution in [0.4, 0.5) is 5.82 Å². The van der Waals surface area contributed by atoms with E-state index < -0.39 is 0 Å². The molecule has 1 atom stereocenters. The minimum atomic E-state index is -0.337. The first kappa shape index (κ1) is 19.3. The van der Waals surface area contributed by atoms with Gasteiger partial charge in [0, 0.05) is 48.9 Å². The smallest absolute Gasteiger partial charge is 0.273 e. The van der Waals surface area contributed by atoms with Crippen molar-refractivity contribution >= 4 is 17.4 Å². The predicted octanol–water partition coefficient (Wildman–Crippen LogP) is 2.44. The summed E-state index contributed by atoms with van der Waals surface area (Å²) in [5.41, 5.74) is 10.9. The number of nitrogen functional groups attached to an aromatic ring is 1. The highest BCUT2D eigenvalue weighted by Crippen LogP contribution is 2.30. The Morgan fingerprint density at radius 2 is 2.23 bits per heavy atom. The van der Waals surface area contributed by atoms with Crippen LogP contribution in [0.3, 0.4) is 0 Å². The summed E-state index contributed by atoms with van der Waals surface area (Å²) in [6.07, 6.45) is 6.50. The molecule has 5 heterocycles. The van der Waals surface area contributed by atoms with Gasteiger partial charge in [-0.3, -0.25) is 4.79 Å². The maximum absolute atomic E-state index is 12.9. The summed E-state index contributed by atoms with van der Waals surface area (Å²) in [6, 6.07) is 7.61. The standard InChI is InChI=1S/C22H23N7O2/c1-13-9-25-17-5-4-15(11-29(13)17)18-19(16-3-2-7-24-16)28-21(23)20(27-18)22(30)26-10-14-6-8-31-12-14/h2-5,7,9,11,14,24H,6,8,10,12H2,1H3,(H2,23,28)(H,26,30). The van der Waals surface area contributed by atoms with Gasteiger partial charge in [0.05, 0.1) is 12.3 Å². The number of nitrogens with zero attached hydrogens (tertiary/aromatic N) is 4. The van der Waals surface area contributed by atoms with Gasteiger partial charge in [-0.25, -0.2) is 15.0 Å². The lowest BCUT2D eigenvalue weighted by Crippen LogP contribution is -2.31. The molecule has 4 aromatic rings. The topological polar surface area (TPSA) is 123 Å². The number of nitrogens with one attached hydrogen (secondary N) is 2. The number of amides is 1. The van der Waals surface area contributed by atoms with Crippen molar-refractivity contribution in [2.45, 2.75) is 13.3 Å². The van der Waals surface area contributed by atoms with Crippen molar-refractivity contribution in [1.29, 1.82) is 0 Å². The SMILES string of the molecule is Cc1cnc2ccc(-c3nc(C(=O)NCC4CCOC4)c(N)nc3-c3ccc[nH]3)cn12. The quantitative estimate of drug-likeness (QED) is 0.458. The number of hydrogen-bond acceptors (Lipinski definition) is 6. The fraction of sp³-hybridized carbons (Fsp3) is 0.273. The van der Waals surface area contributed by atoms with Crippen molar-refractivity contribution in [1.82, 2.24) is 29.7 Å². The number of anilines is 1. The Bertz CT molecular complexity index is 1240. The Kier molecular flexibility index (Phi) is 4.87. The van der Waals surface area contributed by atoms with Gasteiger partial charge in [0.25, 0.3) is 5.91 Å². The van der Waals surface area contributed by atoms with Gasteiger partial charge in [-0.05, 0) is 37.6 Å². The normalized spacial score (nSPS) is 16.1. The van der Waals surface area contributed by atoms with E-state index in [-0.39, 0.29) is 17.4 Å². The summed E-state index contributed by atoms with van der Waals surface area (Å²) in [5, 5.41) is 2.92. The van der Waals surface area contributed by atoms with Crippen molar-refractivity contribution < 1.29 is 9.53 Å². The lowest BCUT2D eigenvalue weighted by molar-refractivity contribution is 0.0941. The van der Waals surface area contributed by atoms with Gasteiger partial charge in [0.15, 0.2) is 11.5 Å². The van der Waals surface area contributed by atoms with Crippen LogP contribution in [0.15, 0.2) is 42.9 Å². The molecule has 0 spiro atoms. The second-order valence-electron chi connectivity index (χ2n) is 7.72. The van der Waals surface area contributed by atoms with Gasteiger partial charge >= 0.3 is 0 Å². The minimum absolute atomic E-state index is 0.0911. The molecular formula is C22H23N7O2. The maximum atomic E-state index is 12.9. The van der Waals surface area contributed by atoms with Crippen LogP contribution in [-0.2, 0) is 4.74 Å². The van der Waals surface area contributed by atoms with Gasteiger partial charge in [-0.2, -0.15) is 0 Å². The van der Waals surface area contributed by atoms with Crippen LogP contribution in [-0.4, -0.2) is 50.0 Å². The molecule has 1 aliphatic heterocycles. The van der Waals surface area contributed by atoms with E-state index in [0.29, 0.717) is 30.5 Å². The van der Waals surface area contributed by atoms with Gasteiger partial charge in [-0.1, -0.05) is 0 Å². The number of fused-ring (bicyclic) bond motifs is 1. The number of H-pyrrole nitrogens is 1. The summed E-state index contributed by atoms with van der Waals surface area (Å²) >= 11 is 0. The van der Waals surface area contributed by atoms with Crippen molar-refractivity contribution in [2.75, 3.05) is 25.5 Å². The van der Waals surface area contributed by atoms with Crippen LogP contribution in [0.1, 0.15) is 22.6 Å². The second-order valence-corrected chi connectivity index (χ2v) is 7.72. The number of ether oxygens (including phenoxy) is 1. The molecule has 5 rings (SSSR count). The zero-order valence-corrected chi connectivity index (χ0v) is 17.1. The molecule has 0 aromatic carbocycles. The van der Waals surface area contributed by atoms with Crippen LogP contribution in [0.2, 0.25) is 0 Å². The predicted molar refractivity (Wildman–Crippen MR) is 116 cm³/mol. The summed E-state index contributed by atoms with van der Waals surface area (Å²) < 4.78 is 7.35. The van der Waals surface area contributed by atoms with E-state index in [4.69, 9.17) is 10.5 Å². The molecule has 0 aliphatic carbocycles. The molecule has 1 amide bonds. The molecule has 9 heteroatoms. The summed E-state index contributed by atoms with van der Waals surface area (Å²) in [4.78, 5) is 29.6. The summed E-state index contributed by atoms with van der Waals surface area (Å²) in [7, 11) is 0. The molecule has 1 aliphatic rings. The number of nitrogens with two attached hydrogens (primary N) is 1. The highest BCUT2D eigenvalue weighted by molar-refractivity contribution is 5.97. The average molecular weight is 417 g/mol. The molecule has 1 saturated heterocycles. The molecule has 0 bridgehead atoms. The molecular weight excluding hydrogens is 394 g/mol. The van der Waals surface area contributed by atoms with Crippen molar-refractivity contribution in [3.63, 3.8) is 0 Å². The average Bonchev–Trinajstić information content (AvgIpc) is 3.55. The van der Waals surface area contributed by atoms with Crippen LogP contribution >= 0.6 is 0 Å². The Morgan fingerprint density at radius 3 is 3.00 bits per heavy atom. The van der Waals surface area contributed by atoms with Gasteiger partial charge < -0.3 is 25.2 Å². The molecule has 4 aromatic heterocycles. The number of rotatable bonds is 5. The van der Waals surface area contributed by atoms with Crippen LogP contribution in [0, 0.1) is 12.8 Å².